The van der Waals surface area contributed by atoms with E-state index in [1.54, 1.807) is 18.1 Å². The lowest BCUT2D eigenvalue weighted by molar-refractivity contribution is -0.0265. The Labute approximate surface area is 148 Å². The molecule has 7 nitrogen and oxygen atoms in total. The van der Waals surface area contributed by atoms with Crippen LogP contribution in [0.3, 0.4) is 0 Å². The van der Waals surface area contributed by atoms with E-state index >= 15 is 0 Å². The van der Waals surface area contributed by atoms with E-state index in [4.69, 9.17) is 4.74 Å². The molecule has 0 spiro atoms. The fraction of sp³-hybridized carbons (Fsp3) is 0.500. The summed E-state index contributed by atoms with van der Waals surface area (Å²) in [5.74, 6) is 2.05. The van der Waals surface area contributed by atoms with E-state index in [0.717, 1.165) is 37.8 Å². The molecule has 0 saturated carbocycles. The number of aliphatic imine (C=N–C) groups is 1. The van der Waals surface area contributed by atoms with E-state index in [1.165, 1.54) is 5.56 Å². The Bertz CT molecular complexity index is 684. The first kappa shape index (κ1) is 17.4. The van der Waals surface area contributed by atoms with E-state index in [2.05, 4.69) is 50.0 Å². The highest BCUT2D eigenvalue weighted by Gasteiger charge is 2.27. The van der Waals surface area contributed by atoms with E-state index in [0.29, 0.717) is 12.5 Å². The molecule has 1 aliphatic rings. The van der Waals surface area contributed by atoms with E-state index < -0.39 is 0 Å². The molecule has 1 aliphatic heterocycles. The summed E-state index contributed by atoms with van der Waals surface area (Å²) in [6.45, 7) is 2.23. The van der Waals surface area contributed by atoms with Gasteiger partial charge in [0.1, 0.15) is 12.2 Å². The van der Waals surface area contributed by atoms with Crippen LogP contribution in [-0.4, -0.2) is 40.9 Å². The Hall–Kier alpha value is -2.41. The third-order valence-corrected chi connectivity index (χ3v) is 4.55. The molecular weight excluding hydrogens is 316 g/mol. The second-order valence-corrected chi connectivity index (χ2v) is 6.21. The largest absolute Gasteiger partial charge is 0.373 e. The molecule has 1 saturated heterocycles. The SMILES string of the molecule is CN=C(NCc1ncnn1C)NCC1CCCOC1c1ccccc1. The minimum atomic E-state index is 0.138. The standard InChI is InChI=1S/C18H26N6O/c1-19-18(21-12-16-22-13-23-24(16)2)20-11-15-9-6-10-25-17(15)14-7-4-3-5-8-14/h3-5,7-8,13,15,17H,6,9-12H2,1-2H3,(H2,19,20,21). The lowest BCUT2D eigenvalue weighted by atomic mass is 9.89. The predicted molar refractivity (Wildman–Crippen MR) is 97.1 cm³/mol. The van der Waals surface area contributed by atoms with Crippen LogP contribution in [0, 0.1) is 5.92 Å². The molecule has 0 bridgehead atoms. The lowest BCUT2D eigenvalue weighted by Gasteiger charge is -2.32. The number of aryl methyl sites for hydroxylation is 1. The highest BCUT2D eigenvalue weighted by molar-refractivity contribution is 5.79. The van der Waals surface area contributed by atoms with Gasteiger partial charge in [0.25, 0.3) is 0 Å². The number of ether oxygens (including phenoxy) is 1. The zero-order chi connectivity index (χ0) is 17.5. The fourth-order valence-corrected chi connectivity index (χ4v) is 3.15. The average Bonchev–Trinajstić information content (AvgIpc) is 3.08. The zero-order valence-electron chi connectivity index (χ0n) is 14.9. The molecule has 2 heterocycles. The molecule has 2 aromatic rings. The van der Waals surface area contributed by atoms with Crippen molar-refractivity contribution in [2.75, 3.05) is 20.2 Å². The van der Waals surface area contributed by atoms with Crippen LogP contribution >= 0.6 is 0 Å². The molecule has 0 aliphatic carbocycles. The predicted octanol–water partition coefficient (Wildman–Crippen LogP) is 1.65. The molecule has 7 heteroatoms. The Morgan fingerprint density at radius 1 is 1.32 bits per heavy atom. The van der Waals surface area contributed by atoms with Gasteiger partial charge in [0.15, 0.2) is 5.96 Å². The van der Waals surface area contributed by atoms with Gasteiger partial charge in [0.2, 0.25) is 0 Å². The Balaban J connectivity index is 1.55. The van der Waals surface area contributed by atoms with E-state index in [9.17, 15) is 0 Å². The molecule has 0 radical (unpaired) electrons. The van der Waals surface area contributed by atoms with Crippen LogP contribution in [0.15, 0.2) is 41.7 Å². The Kier molecular flexibility index (Phi) is 6.00. The van der Waals surface area contributed by atoms with Crippen molar-refractivity contribution in [2.24, 2.45) is 18.0 Å². The summed E-state index contributed by atoms with van der Waals surface area (Å²) in [6, 6.07) is 10.5. The monoisotopic (exact) mass is 342 g/mol. The highest BCUT2D eigenvalue weighted by atomic mass is 16.5. The number of guanidine groups is 1. The first-order valence-corrected chi connectivity index (χ1v) is 8.72. The van der Waals surface area contributed by atoms with Gasteiger partial charge in [0, 0.05) is 33.2 Å². The summed E-state index contributed by atoms with van der Waals surface area (Å²) in [7, 11) is 3.65. The van der Waals surface area contributed by atoms with Crippen molar-refractivity contribution >= 4 is 5.96 Å². The molecule has 2 N–H and O–H groups in total. The quantitative estimate of drug-likeness (QED) is 0.638. The van der Waals surface area contributed by atoms with Crippen LogP contribution in [0.1, 0.15) is 30.3 Å². The van der Waals surface area contributed by atoms with Crippen LogP contribution in [0.5, 0.6) is 0 Å². The zero-order valence-corrected chi connectivity index (χ0v) is 14.9. The number of aromatic nitrogens is 3. The van der Waals surface area contributed by atoms with Crippen molar-refractivity contribution in [1.29, 1.82) is 0 Å². The Morgan fingerprint density at radius 3 is 2.88 bits per heavy atom. The summed E-state index contributed by atoms with van der Waals surface area (Å²) < 4.78 is 7.81. The first-order chi connectivity index (χ1) is 12.3. The van der Waals surface area contributed by atoms with Crippen molar-refractivity contribution in [1.82, 2.24) is 25.4 Å². The lowest BCUT2D eigenvalue weighted by Crippen LogP contribution is -2.41. The smallest absolute Gasteiger partial charge is 0.191 e. The van der Waals surface area contributed by atoms with Gasteiger partial charge in [-0.15, -0.1) is 0 Å². The molecular formula is C18H26N6O. The summed E-state index contributed by atoms with van der Waals surface area (Å²) in [5.41, 5.74) is 1.25. The highest BCUT2D eigenvalue weighted by Crippen LogP contribution is 2.32. The van der Waals surface area contributed by atoms with Crippen molar-refractivity contribution < 1.29 is 4.74 Å². The van der Waals surface area contributed by atoms with Crippen LogP contribution < -0.4 is 10.6 Å². The maximum atomic E-state index is 6.06. The maximum absolute atomic E-state index is 6.06. The minimum absolute atomic E-state index is 0.138. The average molecular weight is 342 g/mol. The molecule has 2 atom stereocenters. The van der Waals surface area contributed by atoms with Crippen LogP contribution in [0.2, 0.25) is 0 Å². The van der Waals surface area contributed by atoms with Gasteiger partial charge in [-0.25, -0.2) is 4.98 Å². The van der Waals surface area contributed by atoms with E-state index in [-0.39, 0.29) is 6.10 Å². The third-order valence-electron chi connectivity index (χ3n) is 4.55. The van der Waals surface area contributed by atoms with Crippen LogP contribution in [0.25, 0.3) is 0 Å². The fourth-order valence-electron chi connectivity index (χ4n) is 3.15. The van der Waals surface area contributed by atoms with Crippen LogP contribution in [-0.2, 0) is 18.3 Å². The van der Waals surface area contributed by atoms with E-state index in [1.807, 2.05) is 13.1 Å². The van der Waals surface area contributed by atoms with Gasteiger partial charge in [-0.2, -0.15) is 5.10 Å². The third kappa shape index (κ3) is 4.57. The molecule has 25 heavy (non-hydrogen) atoms. The molecule has 1 aromatic heterocycles. The second kappa shape index (κ2) is 8.62. The summed E-state index contributed by atoms with van der Waals surface area (Å²) in [5, 5.41) is 10.8. The topological polar surface area (TPSA) is 76.4 Å². The van der Waals surface area contributed by atoms with Gasteiger partial charge >= 0.3 is 0 Å². The normalized spacial score (nSPS) is 21.1. The second-order valence-electron chi connectivity index (χ2n) is 6.21. The van der Waals surface area contributed by atoms with Crippen molar-refractivity contribution in [2.45, 2.75) is 25.5 Å². The summed E-state index contributed by atoms with van der Waals surface area (Å²) >= 11 is 0. The molecule has 134 valence electrons. The minimum Gasteiger partial charge on any atom is -0.373 e. The number of nitrogens with one attached hydrogen (secondary N) is 2. The van der Waals surface area contributed by atoms with Crippen molar-refractivity contribution in [3.8, 4) is 0 Å². The molecule has 1 fully saturated rings. The number of benzene rings is 1. The molecule has 1 aromatic carbocycles. The Morgan fingerprint density at radius 2 is 2.16 bits per heavy atom. The molecule has 3 rings (SSSR count). The first-order valence-electron chi connectivity index (χ1n) is 8.72. The van der Waals surface area contributed by atoms with Gasteiger partial charge in [-0.1, -0.05) is 30.3 Å². The summed E-state index contributed by atoms with van der Waals surface area (Å²) in [6.07, 6.45) is 3.93. The van der Waals surface area contributed by atoms with Crippen molar-refractivity contribution in [3.63, 3.8) is 0 Å². The molecule has 0 amide bonds. The van der Waals surface area contributed by atoms with Gasteiger partial charge in [0.05, 0.1) is 12.6 Å². The summed E-state index contributed by atoms with van der Waals surface area (Å²) in [4.78, 5) is 8.51. The number of rotatable bonds is 5. The van der Waals surface area contributed by atoms with Gasteiger partial charge in [-0.05, 0) is 18.4 Å². The number of nitrogens with zero attached hydrogens (tertiary/aromatic N) is 4. The maximum Gasteiger partial charge on any atom is 0.191 e. The van der Waals surface area contributed by atoms with Crippen molar-refractivity contribution in [3.05, 3.63) is 48.0 Å². The van der Waals surface area contributed by atoms with Gasteiger partial charge < -0.3 is 15.4 Å². The number of hydrogen-bond donors (Lipinski definition) is 2. The molecule has 2 unspecified atom stereocenters. The number of hydrogen-bond acceptors (Lipinski definition) is 4. The van der Waals surface area contributed by atoms with Crippen LogP contribution in [0.4, 0.5) is 0 Å². The van der Waals surface area contributed by atoms with Gasteiger partial charge in [-0.3, -0.25) is 9.67 Å².